The lowest BCUT2D eigenvalue weighted by atomic mass is 9.99. The number of sulfonamides is 1. The molecule has 3 aromatic heterocycles. The molecule has 11 nitrogen and oxygen atoms in total. The molecule has 1 amide bonds. The Morgan fingerprint density at radius 2 is 1.86 bits per heavy atom. The number of carbonyl (C=O) groups excluding carboxylic acids is 1. The highest BCUT2D eigenvalue weighted by Gasteiger charge is 2.21. The number of aromatic hydroxyl groups is 1. The number of amides is 1. The van der Waals surface area contributed by atoms with Crippen molar-refractivity contribution in [2.75, 3.05) is 11.3 Å². The summed E-state index contributed by atoms with van der Waals surface area (Å²) in [7, 11) is -3.74. The molecule has 0 aliphatic rings. The van der Waals surface area contributed by atoms with Gasteiger partial charge >= 0.3 is 0 Å². The molecule has 1 atom stereocenters. The number of hydrogen-bond donors (Lipinski definition) is 5. The van der Waals surface area contributed by atoms with Gasteiger partial charge in [0, 0.05) is 59.7 Å². The quantitative estimate of drug-likeness (QED) is 0.127. The largest absolute Gasteiger partial charge is 0.498 e. The van der Waals surface area contributed by atoms with E-state index in [1.165, 1.54) is 18.2 Å². The molecule has 230 valence electrons. The molecule has 0 saturated carbocycles. The first kappa shape index (κ1) is 31.1. The minimum atomic E-state index is -3.74. The number of pyridine rings is 1. The van der Waals surface area contributed by atoms with Crippen LogP contribution in [0.2, 0.25) is 0 Å². The van der Waals surface area contributed by atoms with Gasteiger partial charge in [-0.05, 0) is 62.2 Å². The summed E-state index contributed by atoms with van der Waals surface area (Å²) in [6.07, 6.45) is 3.35. The van der Waals surface area contributed by atoms with Gasteiger partial charge < -0.3 is 25.4 Å². The normalized spacial score (nSPS) is 12.7. The molecule has 5 aromatic rings. The Balaban J connectivity index is 1.14. The average Bonchev–Trinajstić information content (AvgIpc) is 3.63. The van der Waals surface area contributed by atoms with Crippen molar-refractivity contribution in [2.45, 2.75) is 49.9 Å². The van der Waals surface area contributed by atoms with Crippen molar-refractivity contribution in [1.29, 1.82) is 0 Å². The second kappa shape index (κ2) is 13.1. The van der Waals surface area contributed by atoms with Gasteiger partial charge in [-0.15, -0.1) is 0 Å². The zero-order valence-corrected chi connectivity index (χ0v) is 25.9. The molecule has 5 N–H and O–H groups in total. The van der Waals surface area contributed by atoms with Crippen molar-refractivity contribution >= 4 is 44.2 Å². The molecule has 0 spiro atoms. The molecule has 0 aliphatic heterocycles. The topological polar surface area (TPSA) is 158 Å². The molecule has 3 heterocycles. The summed E-state index contributed by atoms with van der Waals surface area (Å²) in [6, 6.07) is 20.1. The third kappa shape index (κ3) is 7.80. The summed E-state index contributed by atoms with van der Waals surface area (Å²) in [5.41, 5.74) is 2.40. The summed E-state index contributed by atoms with van der Waals surface area (Å²) < 4.78 is 34.0. The van der Waals surface area contributed by atoms with E-state index in [0.29, 0.717) is 29.1 Å². The molecule has 0 bridgehead atoms. The van der Waals surface area contributed by atoms with Gasteiger partial charge in [0.25, 0.3) is 15.9 Å². The number of fused-ring (bicyclic) bond motifs is 1. The molecule has 44 heavy (non-hydrogen) atoms. The van der Waals surface area contributed by atoms with Gasteiger partial charge in [-0.3, -0.25) is 9.52 Å². The van der Waals surface area contributed by atoms with Crippen LogP contribution in [0.1, 0.15) is 48.0 Å². The summed E-state index contributed by atoms with van der Waals surface area (Å²) >= 11 is 0.969. The Hall–Kier alpha value is -4.30. The maximum Gasteiger partial charge on any atom is 0.261 e. The lowest BCUT2D eigenvalue weighted by Crippen LogP contribution is -2.42. The average molecular weight is 635 g/mol. The Labute approximate surface area is 259 Å². The van der Waals surface area contributed by atoms with Crippen molar-refractivity contribution < 1.29 is 23.4 Å². The van der Waals surface area contributed by atoms with Crippen LogP contribution in [-0.4, -0.2) is 50.5 Å². The number of benzene rings is 2. The minimum Gasteiger partial charge on any atom is -0.498 e. The Morgan fingerprint density at radius 1 is 1.07 bits per heavy atom. The highest BCUT2D eigenvalue weighted by molar-refractivity contribution is 7.92. The predicted octanol–water partition coefficient (Wildman–Crippen LogP) is 4.42. The lowest BCUT2D eigenvalue weighted by molar-refractivity contribution is 0.0950. The van der Waals surface area contributed by atoms with E-state index in [2.05, 4.69) is 24.7 Å². The van der Waals surface area contributed by atoms with Crippen LogP contribution in [0.25, 0.3) is 11.0 Å². The van der Waals surface area contributed by atoms with Gasteiger partial charge in [0.05, 0.1) is 28.8 Å². The van der Waals surface area contributed by atoms with Gasteiger partial charge in [-0.25, -0.2) is 13.4 Å². The highest BCUT2D eigenvalue weighted by Crippen LogP contribution is 2.23. The number of nitrogens with zero attached hydrogens (tertiary/aromatic N) is 3. The van der Waals surface area contributed by atoms with E-state index in [0.717, 1.165) is 29.0 Å². The molecular formula is C31H34N6O5S2. The third-order valence-electron chi connectivity index (χ3n) is 7.17. The number of hydrogen-bond acceptors (Lipinski definition) is 9. The van der Waals surface area contributed by atoms with E-state index in [1.807, 2.05) is 30.7 Å². The fourth-order valence-electron chi connectivity index (χ4n) is 4.64. The predicted molar refractivity (Wildman–Crippen MR) is 170 cm³/mol. The number of β-amino-alcohol motifs (C(OH)–C–C–N with tert-alkyl or cyclic N) is 1. The number of anilines is 1. The zero-order chi connectivity index (χ0) is 31.3. The number of aromatic nitrogens is 3. The molecule has 2 aromatic carbocycles. The van der Waals surface area contributed by atoms with Gasteiger partial charge in [0.2, 0.25) is 0 Å². The molecular weight excluding hydrogens is 601 g/mol. The van der Waals surface area contributed by atoms with Crippen LogP contribution < -0.4 is 15.4 Å². The van der Waals surface area contributed by atoms with Crippen molar-refractivity contribution in [1.82, 2.24) is 24.6 Å². The van der Waals surface area contributed by atoms with Crippen molar-refractivity contribution in [3.8, 4) is 5.06 Å². The Morgan fingerprint density at radius 3 is 2.61 bits per heavy atom. The zero-order valence-electron chi connectivity index (χ0n) is 24.3. The minimum absolute atomic E-state index is 0.102. The number of aryl methyl sites for hydroxylation is 1. The molecule has 0 radical (unpaired) electrons. The Kier molecular flexibility index (Phi) is 9.30. The smallest absolute Gasteiger partial charge is 0.261 e. The first-order chi connectivity index (χ1) is 21.0. The molecule has 0 saturated heterocycles. The van der Waals surface area contributed by atoms with Crippen LogP contribution in [0.4, 0.5) is 5.69 Å². The van der Waals surface area contributed by atoms with Crippen LogP contribution in [0.3, 0.4) is 0 Å². The maximum absolute atomic E-state index is 12.7. The first-order valence-electron chi connectivity index (χ1n) is 14.0. The van der Waals surface area contributed by atoms with E-state index >= 15 is 0 Å². The summed E-state index contributed by atoms with van der Waals surface area (Å²) in [5.74, 6) is -0.275. The van der Waals surface area contributed by atoms with Crippen LogP contribution in [0.15, 0.2) is 90.1 Å². The van der Waals surface area contributed by atoms with E-state index < -0.39 is 16.1 Å². The number of aliphatic hydroxyl groups excluding tert-OH is 1. The summed E-state index contributed by atoms with van der Waals surface area (Å²) in [4.78, 5) is 17.3. The van der Waals surface area contributed by atoms with Crippen LogP contribution in [0, 0.1) is 0 Å². The summed E-state index contributed by atoms with van der Waals surface area (Å²) in [6.45, 7) is 5.24. The van der Waals surface area contributed by atoms with E-state index in [9.17, 15) is 23.4 Å². The second-order valence-electron chi connectivity index (χ2n) is 11.1. The standard InChI is InChI=1S/C31H34N6O5S2/c1-31(2,34-20-27(38)21-7-6-8-24(16-21)36-44(41,42)26-9-4-3-5-10-26)12-14-37-13-11-22-15-23(18-32-29(22)37)30(40)33-19-25-17-28(39)43-35-25/h3-11,13,15-18,27,34,36,38-39H,12,14,19-20H2,1-2H3,(H,33,40)/t27-/m0/s1. The van der Waals surface area contributed by atoms with Gasteiger partial charge in [-0.2, -0.15) is 4.37 Å². The fourth-order valence-corrected chi connectivity index (χ4v) is 6.23. The van der Waals surface area contributed by atoms with Gasteiger partial charge in [-0.1, -0.05) is 30.3 Å². The van der Waals surface area contributed by atoms with Crippen LogP contribution >= 0.6 is 11.5 Å². The SMILES string of the molecule is CC(C)(CCn1ccc2cc(C(=O)NCc3cc(O)sn3)cnc21)NC[C@H](O)c1cccc(NS(=O)(=O)c2ccccc2)c1. The van der Waals surface area contributed by atoms with Gasteiger partial charge in [0.1, 0.15) is 5.65 Å². The highest BCUT2D eigenvalue weighted by atomic mass is 32.2. The second-order valence-corrected chi connectivity index (χ2v) is 13.5. The number of aliphatic hydroxyl groups is 1. The van der Waals surface area contributed by atoms with E-state index in [1.54, 1.807) is 54.7 Å². The maximum atomic E-state index is 12.7. The summed E-state index contributed by atoms with van der Waals surface area (Å²) in [5, 5.41) is 27.5. The molecule has 0 fully saturated rings. The van der Waals surface area contributed by atoms with Crippen molar-refractivity contribution in [3.63, 3.8) is 0 Å². The molecule has 0 unspecified atom stereocenters. The van der Waals surface area contributed by atoms with Crippen LogP contribution in [0.5, 0.6) is 5.06 Å². The Bertz CT molecular complexity index is 1850. The third-order valence-corrected chi connectivity index (χ3v) is 9.20. The van der Waals surface area contributed by atoms with Crippen molar-refractivity contribution in [2.24, 2.45) is 0 Å². The van der Waals surface area contributed by atoms with Gasteiger partial charge in [0.15, 0.2) is 5.06 Å². The lowest BCUT2D eigenvalue weighted by Gasteiger charge is -2.28. The van der Waals surface area contributed by atoms with Crippen molar-refractivity contribution in [3.05, 3.63) is 102 Å². The monoisotopic (exact) mass is 634 g/mol. The number of carbonyl (C=O) groups is 1. The molecule has 0 aliphatic carbocycles. The number of nitrogens with one attached hydrogen (secondary N) is 3. The molecule has 13 heteroatoms. The van der Waals surface area contributed by atoms with Crippen LogP contribution in [-0.2, 0) is 23.1 Å². The van der Waals surface area contributed by atoms with E-state index in [-0.39, 0.29) is 34.5 Å². The first-order valence-corrected chi connectivity index (χ1v) is 16.2. The fraction of sp³-hybridized carbons (Fsp3) is 0.258. The number of rotatable bonds is 13. The van der Waals surface area contributed by atoms with E-state index in [4.69, 9.17) is 0 Å². The molecule has 5 rings (SSSR count).